The first kappa shape index (κ1) is 22.4. The smallest absolute Gasteiger partial charge is 0.316 e. The zero-order valence-electron chi connectivity index (χ0n) is 19.7. The second-order valence-corrected chi connectivity index (χ2v) is 9.84. The lowest BCUT2D eigenvalue weighted by Gasteiger charge is -2.45. The predicted octanol–water partition coefficient (Wildman–Crippen LogP) is 3.35. The number of nitrogens with zero attached hydrogens (tertiary/aromatic N) is 6. The molecule has 2 N–H and O–H groups in total. The van der Waals surface area contributed by atoms with E-state index in [1.54, 1.807) is 18.3 Å². The minimum atomic E-state index is -0.618. The van der Waals surface area contributed by atoms with Crippen molar-refractivity contribution in [2.45, 2.75) is 56.7 Å². The van der Waals surface area contributed by atoms with E-state index in [-0.39, 0.29) is 34.4 Å². The van der Waals surface area contributed by atoms with E-state index in [4.69, 9.17) is 4.74 Å². The van der Waals surface area contributed by atoms with E-state index in [9.17, 15) is 9.50 Å². The van der Waals surface area contributed by atoms with Gasteiger partial charge in [0.2, 0.25) is 0 Å². The number of anilines is 1. The summed E-state index contributed by atoms with van der Waals surface area (Å²) in [5.74, 6) is 0.250. The van der Waals surface area contributed by atoms with Crippen LogP contribution in [0.25, 0.3) is 22.6 Å². The largest absolute Gasteiger partial charge is 0.507 e. The summed E-state index contributed by atoms with van der Waals surface area (Å²) in [7, 11) is 3.43. The highest BCUT2D eigenvalue weighted by Crippen LogP contribution is 2.43. The van der Waals surface area contributed by atoms with Gasteiger partial charge < -0.3 is 20.1 Å². The SMILES string of the molecule is COc1ncc(F)c(-c2ccc(-c3ncc(N(C)C4C[C@]5(C)CC[C@](C)(C4)N5)nn3)c(O)c2)n1. The average molecular weight is 466 g/mol. The van der Waals surface area contributed by atoms with E-state index < -0.39 is 5.82 Å². The second kappa shape index (κ2) is 8.12. The maximum atomic E-state index is 14.2. The highest BCUT2D eigenvalue weighted by atomic mass is 19.1. The van der Waals surface area contributed by atoms with Gasteiger partial charge in [0.1, 0.15) is 11.4 Å². The number of benzene rings is 1. The molecule has 34 heavy (non-hydrogen) atoms. The zero-order chi connectivity index (χ0) is 24.1. The predicted molar refractivity (Wildman–Crippen MR) is 125 cm³/mol. The van der Waals surface area contributed by atoms with Crippen LogP contribution in [-0.2, 0) is 0 Å². The minimum absolute atomic E-state index is 0.0306. The highest BCUT2D eigenvalue weighted by molar-refractivity contribution is 5.71. The number of hydrogen-bond donors (Lipinski definition) is 2. The van der Waals surface area contributed by atoms with Crippen molar-refractivity contribution in [3.05, 3.63) is 36.4 Å². The molecule has 0 aliphatic carbocycles. The van der Waals surface area contributed by atoms with Crippen molar-refractivity contribution in [3.63, 3.8) is 0 Å². The normalized spacial score (nSPS) is 25.9. The van der Waals surface area contributed by atoms with E-state index in [1.807, 2.05) is 7.05 Å². The molecule has 1 aromatic carbocycles. The number of aromatic nitrogens is 5. The van der Waals surface area contributed by atoms with Gasteiger partial charge in [-0.2, -0.15) is 4.98 Å². The summed E-state index contributed by atoms with van der Waals surface area (Å²) >= 11 is 0. The lowest BCUT2D eigenvalue weighted by atomic mass is 9.84. The molecular formula is C24H28FN7O2. The van der Waals surface area contributed by atoms with E-state index in [1.165, 1.54) is 26.0 Å². The molecule has 9 nitrogen and oxygen atoms in total. The summed E-state index contributed by atoms with van der Waals surface area (Å²) in [6.07, 6.45) is 7.14. The molecule has 2 aliphatic rings. The van der Waals surface area contributed by atoms with Crippen molar-refractivity contribution < 1.29 is 14.2 Å². The summed E-state index contributed by atoms with van der Waals surface area (Å²) in [5.41, 5.74) is 1.10. The molecule has 2 bridgehead atoms. The number of piperidine rings is 1. The molecule has 0 radical (unpaired) electrons. The number of hydrogen-bond acceptors (Lipinski definition) is 9. The van der Waals surface area contributed by atoms with Gasteiger partial charge in [-0.15, -0.1) is 10.2 Å². The number of phenols is 1. The Hall–Kier alpha value is -3.40. The molecular weight excluding hydrogens is 437 g/mol. The van der Waals surface area contributed by atoms with Gasteiger partial charge in [-0.05, 0) is 51.7 Å². The van der Waals surface area contributed by atoms with Gasteiger partial charge in [-0.25, -0.2) is 14.4 Å². The van der Waals surface area contributed by atoms with E-state index in [2.05, 4.69) is 49.2 Å². The van der Waals surface area contributed by atoms with Gasteiger partial charge in [0.25, 0.3) is 0 Å². The number of phenolic OH excluding ortho intramolecular Hbond substituents is 1. The first-order chi connectivity index (χ1) is 16.2. The van der Waals surface area contributed by atoms with Gasteiger partial charge in [0, 0.05) is 29.7 Å². The minimum Gasteiger partial charge on any atom is -0.507 e. The van der Waals surface area contributed by atoms with Crippen LogP contribution in [0.3, 0.4) is 0 Å². The monoisotopic (exact) mass is 465 g/mol. The van der Waals surface area contributed by atoms with E-state index in [0.29, 0.717) is 23.0 Å². The van der Waals surface area contributed by atoms with Crippen LogP contribution in [0, 0.1) is 5.82 Å². The Labute approximate surface area is 197 Å². The Morgan fingerprint density at radius 2 is 1.85 bits per heavy atom. The van der Waals surface area contributed by atoms with Crippen LogP contribution in [0.2, 0.25) is 0 Å². The molecule has 3 atom stereocenters. The Morgan fingerprint density at radius 1 is 1.12 bits per heavy atom. The first-order valence-corrected chi connectivity index (χ1v) is 11.3. The fourth-order valence-corrected chi connectivity index (χ4v) is 5.36. The molecule has 2 aliphatic heterocycles. The highest BCUT2D eigenvalue weighted by Gasteiger charge is 2.49. The van der Waals surface area contributed by atoms with Gasteiger partial charge in [0.15, 0.2) is 17.5 Å². The van der Waals surface area contributed by atoms with Gasteiger partial charge in [-0.1, -0.05) is 6.07 Å². The van der Waals surface area contributed by atoms with Crippen LogP contribution in [0.5, 0.6) is 11.8 Å². The molecule has 0 saturated carbocycles. The van der Waals surface area contributed by atoms with Crippen LogP contribution < -0.4 is 15.0 Å². The lowest BCUT2D eigenvalue weighted by Crippen LogP contribution is -2.58. The van der Waals surface area contributed by atoms with Crippen LogP contribution in [-0.4, -0.2) is 61.5 Å². The maximum absolute atomic E-state index is 14.2. The number of methoxy groups -OCH3 is 1. The summed E-state index contributed by atoms with van der Waals surface area (Å²) in [6, 6.07) is 5.04. The Balaban J connectivity index is 1.37. The Morgan fingerprint density at radius 3 is 2.47 bits per heavy atom. The van der Waals surface area contributed by atoms with Crippen molar-refractivity contribution in [1.82, 2.24) is 30.5 Å². The molecule has 3 aromatic rings. The molecule has 0 spiro atoms. The topological polar surface area (TPSA) is 109 Å². The van der Waals surface area contributed by atoms with Crippen molar-refractivity contribution in [1.29, 1.82) is 0 Å². The van der Waals surface area contributed by atoms with Gasteiger partial charge >= 0.3 is 6.01 Å². The lowest BCUT2D eigenvalue weighted by molar-refractivity contribution is 0.207. The van der Waals surface area contributed by atoms with Crippen LogP contribution in [0.1, 0.15) is 39.5 Å². The molecule has 2 aromatic heterocycles. The fraction of sp³-hybridized carbons (Fsp3) is 0.458. The Kier molecular flexibility index (Phi) is 5.35. The summed E-state index contributed by atoms with van der Waals surface area (Å²) in [5, 5.41) is 23.1. The number of fused-ring (bicyclic) bond motifs is 2. The van der Waals surface area contributed by atoms with Gasteiger partial charge in [0.05, 0.1) is 25.1 Å². The van der Waals surface area contributed by atoms with Crippen LogP contribution >= 0.6 is 0 Å². The molecule has 178 valence electrons. The van der Waals surface area contributed by atoms with E-state index >= 15 is 0 Å². The number of nitrogens with one attached hydrogen (secondary N) is 1. The fourth-order valence-electron chi connectivity index (χ4n) is 5.36. The summed E-state index contributed by atoms with van der Waals surface area (Å²) in [6.45, 7) is 4.59. The molecule has 10 heteroatoms. The molecule has 2 fully saturated rings. The number of halogens is 1. The number of rotatable bonds is 5. The maximum Gasteiger partial charge on any atom is 0.316 e. The van der Waals surface area contributed by atoms with Crippen LogP contribution in [0.4, 0.5) is 10.2 Å². The van der Waals surface area contributed by atoms with Crippen molar-refractivity contribution in [2.75, 3.05) is 19.1 Å². The van der Waals surface area contributed by atoms with Crippen molar-refractivity contribution >= 4 is 5.82 Å². The summed E-state index contributed by atoms with van der Waals surface area (Å²) < 4.78 is 19.2. The number of aromatic hydroxyl groups is 1. The van der Waals surface area contributed by atoms with Crippen molar-refractivity contribution in [3.8, 4) is 34.4 Å². The Bertz CT molecular complexity index is 1210. The zero-order valence-corrected chi connectivity index (χ0v) is 19.7. The summed E-state index contributed by atoms with van der Waals surface area (Å²) in [4.78, 5) is 14.4. The second-order valence-electron chi connectivity index (χ2n) is 9.84. The molecule has 5 rings (SSSR count). The third kappa shape index (κ3) is 4.02. The van der Waals surface area contributed by atoms with Gasteiger partial charge in [-0.3, -0.25) is 0 Å². The third-order valence-corrected chi connectivity index (χ3v) is 7.08. The average Bonchev–Trinajstić information content (AvgIpc) is 3.05. The molecule has 4 heterocycles. The first-order valence-electron chi connectivity index (χ1n) is 11.3. The molecule has 0 amide bonds. The quantitative estimate of drug-likeness (QED) is 0.586. The van der Waals surface area contributed by atoms with Crippen LogP contribution in [0.15, 0.2) is 30.6 Å². The van der Waals surface area contributed by atoms with Crippen molar-refractivity contribution in [2.24, 2.45) is 0 Å². The van der Waals surface area contributed by atoms with E-state index in [0.717, 1.165) is 19.0 Å². The molecule has 2 saturated heterocycles. The molecule has 1 unspecified atom stereocenters. The standard InChI is InChI=1S/C24H28FN7O2/c1-23-7-8-24(2,31-23)11-15(10-23)32(3)19-13-26-21(30-29-19)16-6-5-14(9-18(16)33)20-17(25)12-27-22(28-20)34-4/h5-6,9,12-13,15,31,33H,7-8,10-11H2,1-4H3/t15?,23-,24+. The number of ether oxygens (including phenoxy) is 1. The third-order valence-electron chi connectivity index (χ3n) is 7.08.